The Balaban J connectivity index is 2.41. The summed E-state index contributed by atoms with van der Waals surface area (Å²) in [6, 6.07) is 5.02. The molecule has 2 aromatic rings. The number of methoxy groups -OCH3 is 2. The number of carbonyl (C=O) groups excluding carboxylic acids is 1. The molecule has 0 spiro atoms. The van der Waals surface area contributed by atoms with E-state index in [0.29, 0.717) is 16.6 Å². The molecular weight excluding hydrogens is 424 g/mol. The van der Waals surface area contributed by atoms with Crippen LogP contribution in [0.15, 0.2) is 39.7 Å². The van der Waals surface area contributed by atoms with E-state index in [4.69, 9.17) is 4.74 Å². The molecule has 0 aliphatic rings. The van der Waals surface area contributed by atoms with Gasteiger partial charge in [0.25, 0.3) is 10.0 Å². The highest BCUT2D eigenvalue weighted by Crippen LogP contribution is 2.29. The topological polar surface area (TPSA) is 81.7 Å². The zero-order valence-electron chi connectivity index (χ0n) is 13.0. The lowest BCUT2D eigenvalue weighted by atomic mass is 10.2. The van der Waals surface area contributed by atoms with Crippen LogP contribution >= 0.6 is 15.9 Å². The molecule has 0 saturated heterocycles. The Morgan fingerprint density at radius 2 is 1.80 bits per heavy atom. The minimum Gasteiger partial charge on any atom is -0.496 e. The summed E-state index contributed by atoms with van der Waals surface area (Å²) < 4.78 is 64.4. The maximum absolute atomic E-state index is 14.0. The SMILES string of the molecule is COC(=O)c1cc(F)c(NS(=O)(=O)c2ccc(Br)c(OC)c2)cc1F. The van der Waals surface area contributed by atoms with Crippen LogP contribution in [0.5, 0.6) is 5.75 Å². The Labute approximate surface area is 150 Å². The molecule has 0 heterocycles. The van der Waals surface area contributed by atoms with Crippen LogP contribution in [0.1, 0.15) is 10.4 Å². The molecule has 1 N–H and O–H groups in total. The fourth-order valence-electron chi connectivity index (χ4n) is 1.90. The second kappa shape index (κ2) is 7.36. The first-order valence-corrected chi connectivity index (χ1v) is 8.91. The van der Waals surface area contributed by atoms with Gasteiger partial charge in [0.2, 0.25) is 0 Å². The molecule has 2 rings (SSSR count). The van der Waals surface area contributed by atoms with Crippen LogP contribution in [0.4, 0.5) is 14.5 Å². The number of hydrogen-bond donors (Lipinski definition) is 1. The summed E-state index contributed by atoms with van der Waals surface area (Å²) in [5, 5.41) is 0. The van der Waals surface area contributed by atoms with E-state index in [-0.39, 0.29) is 10.6 Å². The Kier molecular flexibility index (Phi) is 5.63. The number of rotatable bonds is 5. The first kappa shape index (κ1) is 19.1. The van der Waals surface area contributed by atoms with Gasteiger partial charge in [0.05, 0.1) is 34.8 Å². The molecule has 6 nitrogen and oxygen atoms in total. The van der Waals surface area contributed by atoms with Crippen LogP contribution in [-0.2, 0) is 14.8 Å². The molecule has 0 fully saturated rings. The van der Waals surface area contributed by atoms with E-state index >= 15 is 0 Å². The minimum absolute atomic E-state index is 0.218. The quantitative estimate of drug-likeness (QED) is 0.728. The largest absolute Gasteiger partial charge is 0.496 e. The van der Waals surface area contributed by atoms with Crippen LogP contribution in [0.2, 0.25) is 0 Å². The number of ether oxygens (including phenoxy) is 2. The van der Waals surface area contributed by atoms with Gasteiger partial charge in [0, 0.05) is 12.1 Å². The van der Waals surface area contributed by atoms with Crippen LogP contribution < -0.4 is 9.46 Å². The van der Waals surface area contributed by atoms with Crippen molar-refractivity contribution in [2.24, 2.45) is 0 Å². The predicted octanol–water partition coefficient (Wildman–Crippen LogP) is 3.32. The van der Waals surface area contributed by atoms with Crippen molar-refractivity contribution in [2.45, 2.75) is 4.90 Å². The van der Waals surface area contributed by atoms with E-state index in [9.17, 15) is 22.0 Å². The van der Waals surface area contributed by atoms with Gasteiger partial charge in [0.15, 0.2) is 0 Å². The van der Waals surface area contributed by atoms with Crippen molar-refractivity contribution in [1.29, 1.82) is 0 Å². The molecule has 0 radical (unpaired) electrons. The van der Waals surface area contributed by atoms with Crippen molar-refractivity contribution >= 4 is 37.6 Å². The zero-order chi connectivity index (χ0) is 18.8. The van der Waals surface area contributed by atoms with Gasteiger partial charge in [-0.1, -0.05) is 0 Å². The lowest BCUT2D eigenvalue weighted by molar-refractivity contribution is 0.0595. The molecule has 0 aliphatic carbocycles. The molecule has 0 bridgehead atoms. The lowest BCUT2D eigenvalue weighted by Gasteiger charge is -2.12. The summed E-state index contributed by atoms with van der Waals surface area (Å²) in [5.74, 6) is -3.09. The normalized spacial score (nSPS) is 11.1. The monoisotopic (exact) mass is 435 g/mol. The summed E-state index contributed by atoms with van der Waals surface area (Å²) in [6.07, 6.45) is 0. The number of hydrogen-bond acceptors (Lipinski definition) is 5. The highest BCUT2D eigenvalue weighted by atomic mass is 79.9. The van der Waals surface area contributed by atoms with Crippen molar-refractivity contribution in [2.75, 3.05) is 18.9 Å². The van der Waals surface area contributed by atoms with E-state index < -0.39 is 38.9 Å². The van der Waals surface area contributed by atoms with E-state index in [1.54, 1.807) is 0 Å². The van der Waals surface area contributed by atoms with Gasteiger partial charge in [-0.25, -0.2) is 22.0 Å². The Bertz CT molecular complexity index is 934. The third kappa shape index (κ3) is 4.07. The van der Waals surface area contributed by atoms with Crippen molar-refractivity contribution < 1.29 is 31.5 Å². The fourth-order valence-corrected chi connectivity index (χ4v) is 3.38. The fraction of sp³-hybridized carbons (Fsp3) is 0.133. The van der Waals surface area contributed by atoms with Gasteiger partial charge in [-0.15, -0.1) is 0 Å². The predicted molar refractivity (Wildman–Crippen MR) is 89.2 cm³/mol. The van der Waals surface area contributed by atoms with Gasteiger partial charge in [0.1, 0.15) is 17.4 Å². The van der Waals surface area contributed by atoms with E-state index in [1.165, 1.54) is 25.3 Å². The Morgan fingerprint density at radius 3 is 2.40 bits per heavy atom. The van der Waals surface area contributed by atoms with Gasteiger partial charge < -0.3 is 9.47 Å². The van der Waals surface area contributed by atoms with Crippen molar-refractivity contribution in [3.05, 3.63) is 52.0 Å². The first-order valence-electron chi connectivity index (χ1n) is 6.63. The first-order chi connectivity index (χ1) is 11.7. The van der Waals surface area contributed by atoms with Crippen molar-refractivity contribution in [3.8, 4) is 5.75 Å². The van der Waals surface area contributed by atoms with E-state index in [2.05, 4.69) is 20.7 Å². The smallest absolute Gasteiger partial charge is 0.340 e. The molecule has 25 heavy (non-hydrogen) atoms. The second-order valence-corrected chi connectivity index (χ2v) is 7.24. The number of halogens is 3. The number of nitrogens with one attached hydrogen (secondary N) is 1. The number of sulfonamides is 1. The highest BCUT2D eigenvalue weighted by molar-refractivity contribution is 9.10. The zero-order valence-corrected chi connectivity index (χ0v) is 15.4. The highest BCUT2D eigenvalue weighted by Gasteiger charge is 2.21. The van der Waals surface area contributed by atoms with Crippen LogP contribution in [0.3, 0.4) is 0 Å². The molecular formula is C15H12BrF2NO5S. The van der Waals surface area contributed by atoms with Gasteiger partial charge in [-0.05, 0) is 34.1 Å². The van der Waals surface area contributed by atoms with Crippen molar-refractivity contribution in [1.82, 2.24) is 0 Å². The maximum Gasteiger partial charge on any atom is 0.340 e. The molecule has 0 aliphatic heterocycles. The van der Waals surface area contributed by atoms with Crippen LogP contribution in [0.25, 0.3) is 0 Å². The molecule has 0 amide bonds. The maximum atomic E-state index is 14.0. The summed E-state index contributed by atoms with van der Waals surface area (Å²) in [7, 11) is -1.85. The third-order valence-corrected chi connectivity index (χ3v) is 5.16. The van der Waals surface area contributed by atoms with Crippen molar-refractivity contribution in [3.63, 3.8) is 0 Å². The lowest BCUT2D eigenvalue weighted by Crippen LogP contribution is -2.15. The minimum atomic E-state index is -4.21. The Hall–Kier alpha value is -2.20. The third-order valence-electron chi connectivity index (χ3n) is 3.14. The number of anilines is 1. The summed E-state index contributed by atoms with van der Waals surface area (Å²) in [5.41, 5.74) is -1.29. The van der Waals surface area contributed by atoms with Crippen LogP contribution in [0, 0.1) is 11.6 Å². The van der Waals surface area contributed by atoms with Gasteiger partial charge in [-0.2, -0.15) is 0 Å². The summed E-state index contributed by atoms with van der Waals surface area (Å²) >= 11 is 3.18. The number of esters is 1. The molecule has 10 heteroatoms. The number of carbonyl (C=O) groups is 1. The molecule has 134 valence electrons. The van der Waals surface area contributed by atoms with Gasteiger partial charge in [-0.3, -0.25) is 4.72 Å². The average Bonchev–Trinajstić information content (AvgIpc) is 2.57. The average molecular weight is 436 g/mol. The summed E-state index contributed by atoms with van der Waals surface area (Å²) in [6.45, 7) is 0. The molecule has 0 aromatic heterocycles. The van der Waals surface area contributed by atoms with Crippen LogP contribution in [-0.4, -0.2) is 28.6 Å². The summed E-state index contributed by atoms with van der Waals surface area (Å²) in [4.78, 5) is 11.1. The van der Waals surface area contributed by atoms with Gasteiger partial charge >= 0.3 is 5.97 Å². The molecule has 2 aromatic carbocycles. The molecule has 0 saturated carbocycles. The number of benzene rings is 2. The second-order valence-electron chi connectivity index (χ2n) is 4.71. The standard InChI is InChI=1S/C15H12BrF2NO5S/c1-23-14-5-8(3-4-10(14)16)25(21,22)19-13-7-11(17)9(6-12(13)18)15(20)24-2/h3-7,19H,1-2H3. The van der Waals surface area contributed by atoms with E-state index in [0.717, 1.165) is 7.11 Å². The van der Waals surface area contributed by atoms with E-state index in [1.807, 2.05) is 4.72 Å². The Morgan fingerprint density at radius 1 is 1.12 bits per heavy atom. The molecule has 0 atom stereocenters. The molecule has 0 unspecified atom stereocenters.